The minimum Gasteiger partial charge on any atom is -0.300 e. The molecule has 0 N–H and O–H groups in total. The summed E-state index contributed by atoms with van der Waals surface area (Å²) in [6.07, 6.45) is 1.71. The van der Waals surface area contributed by atoms with Gasteiger partial charge in [0.1, 0.15) is 5.78 Å². The van der Waals surface area contributed by atoms with Gasteiger partial charge in [-0.3, -0.25) is 19.8 Å². The summed E-state index contributed by atoms with van der Waals surface area (Å²) in [5.74, 6) is 0.423. The fourth-order valence-electron chi connectivity index (χ4n) is 2.56. The number of ketones is 1. The summed E-state index contributed by atoms with van der Waals surface area (Å²) in [6.45, 7) is 3.89. The molecule has 1 aliphatic heterocycles. The fraction of sp³-hybridized carbons (Fsp3) is 0.500. The van der Waals surface area contributed by atoms with Gasteiger partial charge in [-0.15, -0.1) is 0 Å². The summed E-state index contributed by atoms with van der Waals surface area (Å²) in [6, 6.07) is 6.85. The summed E-state index contributed by atoms with van der Waals surface area (Å²) >= 11 is 0. The summed E-state index contributed by atoms with van der Waals surface area (Å²) < 4.78 is 0. The van der Waals surface area contributed by atoms with E-state index in [1.54, 1.807) is 19.1 Å². The van der Waals surface area contributed by atoms with E-state index in [9.17, 15) is 14.9 Å². The molecule has 5 heteroatoms. The lowest BCUT2D eigenvalue weighted by molar-refractivity contribution is -0.385. The molecule has 0 saturated carbocycles. The molecule has 1 aromatic rings. The maximum absolute atomic E-state index is 11.3. The third kappa shape index (κ3) is 3.38. The second kappa shape index (κ2) is 5.93. The molecule has 0 unspecified atom stereocenters. The molecule has 1 fully saturated rings. The molecule has 19 heavy (non-hydrogen) atoms. The van der Waals surface area contributed by atoms with E-state index >= 15 is 0 Å². The first-order valence-electron chi connectivity index (χ1n) is 6.53. The van der Waals surface area contributed by atoms with E-state index in [4.69, 9.17) is 0 Å². The van der Waals surface area contributed by atoms with Crippen molar-refractivity contribution in [2.75, 3.05) is 13.1 Å². The van der Waals surface area contributed by atoms with Gasteiger partial charge in [-0.2, -0.15) is 0 Å². The predicted molar refractivity (Wildman–Crippen MR) is 71.8 cm³/mol. The van der Waals surface area contributed by atoms with Crippen LogP contribution in [0, 0.1) is 16.0 Å². The Kier molecular flexibility index (Phi) is 4.27. The molecule has 0 atom stereocenters. The molecule has 1 aliphatic rings. The average molecular weight is 262 g/mol. The molecule has 1 heterocycles. The van der Waals surface area contributed by atoms with Crippen molar-refractivity contribution in [1.29, 1.82) is 0 Å². The van der Waals surface area contributed by atoms with Gasteiger partial charge in [0.2, 0.25) is 0 Å². The minimum absolute atomic E-state index is 0.169. The Bertz CT molecular complexity index is 479. The molecule has 2 rings (SSSR count). The number of nitro benzene ring substituents is 1. The Balaban J connectivity index is 2.00. The highest BCUT2D eigenvalue weighted by Crippen LogP contribution is 2.23. The second-order valence-electron chi connectivity index (χ2n) is 5.05. The highest BCUT2D eigenvalue weighted by atomic mass is 16.6. The normalized spacial score (nSPS) is 17.3. The Hall–Kier alpha value is -1.75. The summed E-state index contributed by atoms with van der Waals surface area (Å²) in [7, 11) is 0. The van der Waals surface area contributed by atoms with Gasteiger partial charge >= 0.3 is 0 Å². The zero-order chi connectivity index (χ0) is 13.8. The first kappa shape index (κ1) is 13.7. The highest BCUT2D eigenvalue weighted by molar-refractivity contribution is 5.78. The van der Waals surface area contributed by atoms with Crippen LogP contribution in [0.15, 0.2) is 24.3 Å². The van der Waals surface area contributed by atoms with E-state index in [0.29, 0.717) is 6.54 Å². The monoisotopic (exact) mass is 262 g/mol. The standard InChI is InChI=1S/C14H18N2O3/c1-11(17)12-6-8-15(9-7-12)10-13-4-2-3-5-14(13)16(18)19/h2-5,12H,6-10H2,1H3. The van der Waals surface area contributed by atoms with Crippen molar-refractivity contribution in [2.45, 2.75) is 26.3 Å². The van der Waals surface area contributed by atoms with Gasteiger partial charge in [0.15, 0.2) is 0 Å². The van der Waals surface area contributed by atoms with Crippen molar-refractivity contribution in [3.63, 3.8) is 0 Å². The molecular weight excluding hydrogens is 244 g/mol. The summed E-state index contributed by atoms with van der Waals surface area (Å²) in [5.41, 5.74) is 0.921. The molecule has 0 spiro atoms. The van der Waals surface area contributed by atoms with Crippen molar-refractivity contribution in [2.24, 2.45) is 5.92 Å². The van der Waals surface area contributed by atoms with Crippen LogP contribution in [0.1, 0.15) is 25.3 Å². The molecular formula is C14H18N2O3. The van der Waals surface area contributed by atoms with Gasteiger partial charge in [0, 0.05) is 24.1 Å². The third-order valence-electron chi connectivity index (χ3n) is 3.74. The van der Waals surface area contributed by atoms with Crippen LogP contribution in [0.2, 0.25) is 0 Å². The molecule has 0 bridgehead atoms. The van der Waals surface area contributed by atoms with Crippen LogP contribution in [0.3, 0.4) is 0 Å². The van der Waals surface area contributed by atoms with Gasteiger partial charge in [-0.1, -0.05) is 18.2 Å². The zero-order valence-corrected chi connectivity index (χ0v) is 11.0. The first-order chi connectivity index (χ1) is 9.08. The molecule has 0 aromatic heterocycles. The molecule has 0 amide bonds. The largest absolute Gasteiger partial charge is 0.300 e. The third-order valence-corrected chi connectivity index (χ3v) is 3.74. The Morgan fingerprint density at radius 2 is 2.00 bits per heavy atom. The molecule has 1 aromatic carbocycles. The second-order valence-corrected chi connectivity index (χ2v) is 5.05. The van der Waals surface area contributed by atoms with Crippen LogP contribution in [-0.4, -0.2) is 28.7 Å². The Morgan fingerprint density at radius 3 is 2.58 bits per heavy atom. The number of hydrogen-bond acceptors (Lipinski definition) is 4. The number of carbonyl (C=O) groups is 1. The van der Waals surface area contributed by atoms with Crippen LogP contribution < -0.4 is 0 Å². The van der Waals surface area contributed by atoms with Gasteiger partial charge in [0.25, 0.3) is 5.69 Å². The van der Waals surface area contributed by atoms with Crippen LogP contribution in [0.5, 0.6) is 0 Å². The molecule has 0 aliphatic carbocycles. The van der Waals surface area contributed by atoms with Crippen LogP contribution in [0.25, 0.3) is 0 Å². The highest BCUT2D eigenvalue weighted by Gasteiger charge is 2.23. The SMILES string of the molecule is CC(=O)C1CCN(Cc2ccccc2[N+](=O)[O-])CC1. The van der Waals surface area contributed by atoms with Crippen molar-refractivity contribution >= 4 is 11.5 Å². The number of para-hydroxylation sites is 1. The molecule has 102 valence electrons. The quantitative estimate of drug-likeness (QED) is 0.617. The van der Waals surface area contributed by atoms with Gasteiger partial charge in [-0.25, -0.2) is 0 Å². The molecule has 1 saturated heterocycles. The molecule has 0 radical (unpaired) electrons. The maximum Gasteiger partial charge on any atom is 0.273 e. The van der Waals surface area contributed by atoms with E-state index in [-0.39, 0.29) is 22.3 Å². The average Bonchev–Trinajstić information content (AvgIpc) is 2.39. The smallest absolute Gasteiger partial charge is 0.273 e. The van der Waals surface area contributed by atoms with E-state index in [0.717, 1.165) is 31.5 Å². The Morgan fingerprint density at radius 1 is 1.37 bits per heavy atom. The van der Waals surface area contributed by atoms with Crippen LogP contribution in [-0.2, 0) is 11.3 Å². The van der Waals surface area contributed by atoms with Crippen molar-refractivity contribution in [3.05, 3.63) is 39.9 Å². The zero-order valence-electron chi connectivity index (χ0n) is 11.0. The molecule has 5 nitrogen and oxygen atoms in total. The topological polar surface area (TPSA) is 63.5 Å². The number of hydrogen-bond donors (Lipinski definition) is 0. The number of likely N-dealkylation sites (tertiary alicyclic amines) is 1. The minimum atomic E-state index is -0.336. The van der Waals surface area contributed by atoms with Crippen LogP contribution in [0.4, 0.5) is 5.69 Å². The number of Topliss-reactive ketones (excluding diaryl/α,β-unsaturated/α-hetero) is 1. The van der Waals surface area contributed by atoms with Crippen molar-refractivity contribution in [1.82, 2.24) is 4.90 Å². The van der Waals surface area contributed by atoms with Gasteiger partial charge in [-0.05, 0) is 32.9 Å². The number of carbonyl (C=O) groups excluding carboxylic acids is 1. The Labute approximate surface area is 112 Å². The number of piperidine rings is 1. The van der Waals surface area contributed by atoms with E-state index in [1.807, 2.05) is 6.07 Å². The summed E-state index contributed by atoms with van der Waals surface area (Å²) in [5, 5.41) is 10.9. The van der Waals surface area contributed by atoms with E-state index in [2.05, 4.69) is 4.90 Å². The van der Waals surface area contributed by atoms with Crippen LogP contribution >= 0.6 is 0 Å². The van der Waals surface area contributed by atoms with Gasteiger partial charge in [0.05, 0.1) is 4.92 Å². The maximum atomic E-state index is 11.3. The van der Waals surface area contributed by atoms with E-state index < -0.39 is 0 Å². The lowest BCUT2D eigenvalue weighted by Crippen LogP contribution is -2.35. The van der Waals surface area contributed by atoms with Crippen molar-refractivity contribution < 1.29 is 9.72 Å². The predicted octanol–water partition coefficient (Wildman–Crippen LogP) is 2.40. The number of rotatable bonds is 4. The van der Waals surface area contributed by atoms with E-state index in [1.165, 1.54) is 6.07 Å². The lowest BCUT2D eigenvalue weighted by atomic mass is 9.93. The fourth-order valence-corrected chi connectivity index (χ4v) is 2.56. The van der Waals surface area contributed by atoms with Gasteiger partial charge < -0.3 is 0 Å². The number of benzene rings is 1. The van der Waals surface area contributed by atoms with Crippen molar-refractivity contribution in [3.8, 4) is 0 Å². The number of nitro groups is 1. The lowest BCUT2D eigenvalue weighted by Gasteiger charge is -2.30. The number of nitrogens with zero attached hydrogens (tertiary/aromatic N) is 2. The first-order valence-corrected chi connectivity index (χ1v) is 6.53. The summed E-state index contributed by atoms with van der Waals surface area (Å²) in [4.78, 5) is 24.1.